The van der Waals surface area contributed by atoms with Crippen LogP contribution in [0.2, 0.25) is 10.0 Å². The summed E-state index contributed by atoms with van der Waals surface area (Å²) >= 11 is 13.3. The molecule has 0 bridgehead atoms. The van der Waals surface area contributed by atoms with Crippen LogP contribution in [0.3, 0.4) is 0 Å². The highest BCUT2D eigenvalue weighted by Gasteiger charge is 2.35. The second-order valence-electron chi connectivity index (χ2n) is 8.66. The molecule has 0 fully saturated rings. The van der Waals surface area contributed by atoms with E-state index in [2.05, 4.69) is 28.8 Å². The molecule has 0 unspecified atom stereocenters. The molecule has 1 atom stereocenters. The van der Waals surface area contributed by atoms with E-state index in [-0.39, 0.29) is 5.92 Å². The van der Waals surface area contributed by atoms with Crippen molar-refractivity contribution in [2.75, 3.05) is 0 Å². The molecule has 0 radical (unpaired) electrons. The first-order valence-electron chi connectivity index (χ1n) is 11.2. The lowest BCUT2D eigenvalue weighted by molar-refractivity contribution is 0.125. The van der Waals surface area contributed by atoms with Crippen molar-refractivity contribution >= 4 is 34.1 Å². The van der Waals surface area contributed by atoms with Gasteiger partial charge in [0.2, 0.25) is 0 Å². The topological polar surface area (TPSA) is 71.8 Å². The van der Waals surface area contributed by atoms with Gasteiger partial charge in [-0.3, -0.25) is 4.98 Å². The van der Waals surface area contributed by atoms with Crippen LogP contribution in [0.1, 0.15) is 42.0 Å². The summed E-state index contributed by atoms with van der Waals surface area (Å²) in [4.78, 5) is 17.5. The Kier molecular flexibility index (Phi) is 6.24. The van der Waals surface area contributed by atoms with E-state index in [0.29, 0.717) is 32.3 Å². The second kappa shape index (κ2) is 9.34. The Labute approximate surface area is 213 Å². The number of hydrogen-bond acceptors (Lipinski definition) is 5. The minimum Gasteiger partial charge on any atom is -0.376 e. The number of aliphatic hydroxyl groups is 1. The van der Waals surface area contributed by atoms with Crippen LogP contribution >= 0.6 is 23.2 Å². The van der Waals surface area contributed by atoms with Gasteiger partial charge in [0.05, 0.1) is 16.2 Å². The van der Waals surface area contributed by atoms with Crippen LogP contribution in [0.25, 0.3) is 22.2 Å². The zero-order chi connectivity index (χ0) is 24.6. The van der Waals surface area contributed by atoms with Gasteiger partial charge >= 0.3 is 0 Å². The molecule has 35 heavy (non-hydrogen) atoms. The van der Waals surface area contributed by atoms with Crippen LogP contribution < -0.4 is 0 Å². The Hall–Kier alpha value is -3.38. The molecule has 5 nitrogen and oxygen atoms in total. The summed E-state index contributed by atoms with van der Waals surface area (Å²) in [5.41, 5.74) is 3.55. The van der Waals surface area contributed by atoms with E-state index >= 15 is 0 Å². The van der Waals surface area contributed by atoms with Crippen LogP contribution in [0, 0.1) is 0 Å². The Bertz CT molecular complexity index is 1510. The van der Waals surface area contributed by atoms with E-state index in [1.165, 1.54) is 6.33 Å². The molecule has 0 aliphatic carbocycles. The number of halogens is 2. The number of hydrogen-bond donors (Lipinski definition) is 1. The number of benzene rings is 2. The maximum Gasteiger partial charge on any atom is 0.142 e. The van der Waals surface area contributed by atoms with Gasteiger partial charge in [-0.1, -0.05) is 61.3 Å². The third kappa shape index (κ3) is 4.16. The summed E-state index contributed by atoms with van der Waals surface area (Å²) in [5.74, 6) is 0.100. The average molecular weight is 501 g/mol. The molecule has 0 amide bonds. The Morgan fingerprint density at radius 3 is 2.26 bits per heavy atom. The standard InChI is InChI=1S/C28H22Cl2N4O/c1-17(2)25-26(30)23-12-20(8-9-24(23)34-27(25)18-13-32-16-33-14-18)28(35,21-6-4-10-31-15-21)19-5-3-7-22(29)11-19/h3-17,35H,1-2H3/t28-/m1/s1. The van der Waals surface area contributed by atoms with E-state index in [1.54, 1.807) is 43.0 Å². The van der Waals surface area contributed by atoms with Crippen molar-refractivity contribution in [2.45, 2.75) is 25.4 Å². The first-order valence-corrected chi connectivity index (χ1v) is 11.9. The lowest BCUT2D eigenvalue weighted by atomic mass is 9.80. The minimum absolute atomic E-state index is 0.100. The van der Waals surface area contributed by atoms with E-state index in [0.717, 1.165) is 22.2 Å². The van der Waals surface area contributed by atoms with E-state index in [9.17, 15) is 5.11 Å². The first-order chi connectivity index (χ1) is 16.9. The molecule has 0 aliphatic heterocycles. The van der Waals surface area contributed by atoms with Crippen LogP contribution in [0.15, 0.2) is 85.7 Å². The zero-order valence-electron chi connectivity index (χ0n) is 19.2. The predicted octanol–water partition coefficient (Wildman–Crippen LogP) is 6.80. The number of rotatable bonds is 5. The van der Waals surface area contributed by atoms with Crippen LogP contribution in [0.4, 0.5) is 0 Å². The molecule has 7 heteroatoms. The lowest BCUT2D eigenvalue weighted by Gasteiger charge is -2.30. The molecule has 5 aromatic rings. The summed E-state index contributed by atoms with van der Waals surface area (Å²) < 4.78 is 0. The molecular weight excluding hydrogens is 479 g/mol. The van der Waals surface area contributed by atoms with Crippen molar-refractivity contribution in [3.63, 3.8) is 0 Å². The molecule has 3 aromatic heterocycles. The number of fused-ring (bicyclic) bond motifs is 1. The van der Waals surface area contributed by atoms with E-state index in [1.807, 2.05) is 36.4 Å². The maximum atomic E-state index is 12.2. The van der Waals surface area contributed by atoms with E-state index in [4.69, 9.17) is 28.2 Å². The summed E-state index contributed by atoms with van der Waals surface area (Å²) in [7, 11) is 0. The summed E-state index contributed by atoms with van der Waals surface area (Å²) in [6.45, 7) is 4.15. The first kappa shape index (κ1) is 23.4. The van der Waals surface area contributed by atoms with Gasteiger partial charge in [-0.25, -0.2) is 15.0 Å². The molecule has 0 saturated carbocycles. The molecule has 174 valence electrons. The Morgan fingerprint density at radius 1 is 0.829 bits per heavy atom. The third-order valence-electron chi connectivity index (χ3n) is 6.11. The highest BCUT2D eigenvalue weighted by molar-refractivity contribution is 6.36. The van der Waals surface area contributed by atoms with E-state index < -0.39 is 5.60 Å². The van der Waals surface area contributed by atoms with Crippen molar-refractivity contribution in [3.8, 4) is 11.3 Å². The van der Waals surface area contributed by atoms with Gasteiger partial charge in [0.1, 0.15) is 11.9 Å². The van der Waals surface area contributed by atoms with Gasteiger partial charge in [-0.15, -0.1) is 0 Å². The Balaban J connectivity index is 1.78. The van der Waals surface area contributed by atoms with Crippen molar-refractivity contribution in [1.29, 1.82) is 0 Å². The van der Waals surface area contributed by atoms with Crippen molar-refractivity contribution in [2.24, 2.45) is 0 Å². The van der Waals surface area contributed by atoms with Gasteiger partial charge < -0.3 is 5.11 Å². The summed E-state index contributed by atoms with van der Waals surface area (Å²) in [6.07, 6.45) is 8.29. The fourth-order valence-corrected chi connectivity index (χ4v) is 5.07. The highest BCUT2D eigenvalue weighted by Crippen LogP contribution is 2.42. The molecule has 0 spiro atoms. The fraction of sp³-hybridized carbons (Fsp3) is 0.143. The highest BCUT2D eigenvalue weighted by atomic mass is 35.5. The zero-order valence-corrected chi connectivity index (χ0v) is 20.7. The lowest BCUT2D eigenvalue weighted by Crippen LogP contribution is -2.29. The predicted molar refractivity (Wildman–Crippen MR) is 140 cm³/mol. The quantitative estimate of drug-likeness (QED) is 0.287. The average Bonchev–Trinajstić information content (AvgIpc) is 2.88. The Morgan fingerprint density at radius 2 is 1.57 bits per heavy atom. The van der Waals surface area contributed by atoms with Gasteiger partial charge in [0, 0.05) is 51.9 Å². The van der Waals surface area contributed by atoms with Crippen molar-refractivity contribution < 1.29 is 5.11 Å². The number of aromatic nitrogens is 4. The smallest absolute Gasteiger partial charge is 0.142 e. The van der Waals surface area contributed by atoms with Gasteiger partial charge in [-0.2, -0.15) is 0 Å². The van der Waals surface area contributed by atoms with Gasteiger partial charge in [0.25, 0.3) is 0 Å². The van der Waals surface area contributed by atoms with Crippen molar-refractivity contribution in [1.82, 2.24) is 19.9 Å². The largest absolute Gasteiger partial charge is 0.376 e. The summed E-state index contributed by atoms with van der Waals surface area (Å²) in [5, 5.41) is 14.1. The molecule has 0 saturated heterocycles. The molecule has 5 rings (SSSR count). The van der Waals surface area contributed by atoms with Crippen LogP contribution in [-0.2, 0) is 5.60 Å². The normalized spacial score (nSPS) is 13.2. The maximum absolute atomic E-state index is 12.2. The van der Waals surface area contributed by atoms with Gasteiger partial charge in [0.15, 0.2) is 0 Å². The van der Waals surface area contributed by atoms with Crippen LogP contribution in [0.5, 0.6) is 0 Å². The number of pyridine rings is 2. The minimum atomic E-state index is -1.50. The summed E-state index contributed by atoms with van der Waals surface area (Å²) in [6, 6.07) is 16.5. The second-order valence-corrected chi connectivity index (χ2v) is 9.48. The van der Waals surface area contributed by atoms with Crippen molar-refractivity contribution in [3.05, 3.63) is 118 Å². The number of nitrogens with zero attached hydrogens (tertiary/aromatic N) is 4. The molecule has 3 heterocycles. The third-order valence-corrected chi connectivity index (χ3v) is 6.75. The van der Waals surface area contributed by atoms with Gasteiger partial charge in [-0.05, 0) is 47.4 Å². The monoisotopic (exact) mass is 500 g/mol. The molecule has 2 aromatic carbocycles. The molecular formula is C28H22Cl2N4O. The molecule has 0 aliphatic rings. The fourth-order valence-electron chi connectivity index (χ4n) is 4.42. The van der Waals surface area contributed by atoms with Crippen LogP contribution in [-0.4, -0.2) is 25.0 Å². The molecule has 1 N–H and O–H groups in total. The SMILES string of the molecule is CC(C)c1c(-c2cncnc2)nc2ccc([C@@](O)(c3cccnc3)c3cccc(Cl)c3)cc2c1Cl.